The summed E-state index contributed by atoms with van der Waals surface area (Å²) in [5.41, 5.74) is 7.08. The summed E-state index contributed by atoms with van der Waals surface area (Å²) in [6.07, 6.45) is 4.33. The maximum Gasteiger partial charge on any atom is 0.258 e. The number of amides is 1. The van der Waals surface area contributed by atoms with Gasteiger partial charge in [-0.25, -0.2) is 10.4 Å². The van der Waals surface area contributed by atoms with E-state index in [9.17, 15) is 9.59 Å². The fourth-order valence-electron chi connectivity index (χ4n) is 4.19. The van der Waals surface area contributed by atoms with E-state index in [1.54, 1.807) is 6.07 Å². The fourth-order valence-corrected chi connectivity index (χ4v) is 4.19. The van der Waals surface area contributed by atoms with Gasteiger partial charge in [0.2, 0.25) is 5.91 Å². The van der Waals surface area contributed by atoms with E-state index in [1.165, 1.54) is 12.8 Å². The van der Waals surface area contributed by atoms with E-state index in [1.807, 2.05) is 23.1 Å². The van der Waals surface area contributed by atoms with Crippen LogP contribution >= 0.6 is 0 Å². The number of unbranched alkanes of at least 4 members (excludes halogenated alkanes) is 1. The van der Waals surface area contributed by atoms with E-state index in [2.05, 4.69) is 32.6 Å². The van der Waals surface area contributed by atoms with E-state index < -0.39 is 0 Å². The monoisotopic (exact) mass is 398 g/mol. The lowest BCUT2D eigenvalue weighted by Gasteiger charge is -2.35. The number of para-hydroxylation sites is 1. The van der Waals surface area contributed by atoms with E-state index in [-0.39, 0.29) is 17.5 Å². The number of hydrogen-bond donors (Lipinski definition) is 3. The van der Waals surface area contributed by atoms with Gasteiger partial charge < -0.3 is 9.88 Å². The van der Waals surface area contributed by atoms with Gasteiger partial charge in [-0.2, -0.15) is 0 Å². The first-order valence-corrected chi connectivity index (χ1v) is 10.6. The normalized spacial score (nSPS) is 23.0. The molecule has 0 spiro atoms. The van der Waals surface area contributed by atoms with E-state index >= 15 is 0 Å². The number of benzene rings is 1. The van der Waals surface area contributed by atoms with Gasteiger partial charge in [0.15, 0.2) is 0 Å². The Morgan fingerprint density at radius 2 is 1.97 bits per heavy atom. The van der Waals surface area contributed by atoms with E-state index in [4.69, 9.17) is 0 Å². The Kier molecular flexibility index (Phi) is 6.22. The Bertz CT molecular complexity index is 905. The van der Waals surface area contributed by atoms with Crippen molar-refractivity contribution < 1.29 is 4.79 Å². The van der Waals surface area contributed by atoms with Crippen LogP contribution in [0.25, 0.3) is 10.9 Å². The van der Waals surface area contributed by atoms with Crippen molar-refractivity contribution in [2.24, 2.45) is 0 Å². The maximum absolute atomic E-state index is 12.8. The van der Waals surface area contributed by atoms with Crippen LogP contribution in [-0.2, 0) is 11.3 Å². The summed E-state index contributed by atoms with van der Waals surface area (Å²) in [4.78, 5) is 36.7. The molecule has 3 heterocycles. The topological polar surface area (TPSA) is 93.4 Å². The molecule has 3 N–H and O–H groups in total. The third kappa shape index (κ3) is 4.66. The Morgan fingerprint density at radius 1 is 1.17 bits per heavy atom. The number of nitrogens with one attached hydrogen (secondary N) is 3. The number of H-pyrrole nitrogens is 1. The van der Waals surface area contributed by atoms with Crippen LogP contribution in [0.15, 0.2) is 29.1 Å². The second kappa shape index (κ2) is 9.02. The highest BCUT2D eigenvalue weighted by Crippen LogP contribution is 2.15. The third-order valence-corrected chi connectivity index (χ3v) is 5.91. The van der Waals surface area contributed by atoms with Crippen molar-refractivity contribution in [3.63, 3.8) is 0 Å². The van der Waals surface area contributed by atoms with Crippen LogP contribution in [0.5, 0.6) is 0 Å². The van der Waals surface area contributed by atoms with Gasteiger partial charge in [0.1, 0.15) is 11.9 Å². The molecule has 8 heteroatoms. The number of aromatic nitrogens is 2. The molecular weight excluding hydrogens is 368 g/mol. The summed E-state index contributed by atoms with van der Waals surface area (Å²) in [5.74, 6) is 0.863. The number of piperazine rings is 1. The zero-order valence-corrected chi connectivity index (χ0v) is 17.0. The van der Waals surface area contributed by atoms with Gasteiger partial charge in [0.05, 0.1) is 17.4 Å². The van der Waals surface area contributed by atoms with Gasteiger partial charge in [-0.1, -0.05) is 31.9 Å². The highest BCUT2D eigenvalue weighted by molar-refractivity contribution is 5.82. The number of nitrogens with zero attached hydrogens (tertiary/aromatic N) is 3. The summed E-state index contributed by atoms with van der Waals surface area (Å²) >= 11 is 0. The van der Waals surface area contributed by atoms with Crippen LogP contribution in [0.2, 0.25) is 0 Å². The van der Waals surface area contributed by atoms with Crippen molar-refractivity contribution in [1.82, 2.24) is 30.6 Å². The molecule has 2 aromatic rings. The van der Waals surface area contributed by atoms with E-state index in [0.29, 0.717) is 36.9 Å². The molecule has 2 saturated heterocycles. The number of aromatic amines is 1. The highest BCUT2D eigenvalue weighted by Gasteiger charge is 2.33. The molecule has 2 atom stereocenters. The third-order valence-electron chi connectivity index (χ3n) is 5.91. The van der Waals surface area contributed by atoms with Gasteiger partial charge in [-0.3, -0.25) is 19.9 Å². The summed E-state index contributed by atoms with van der Waals surface area (Å²) in [6, 6.07) is 7.65. The minimum atomic E-state index is -0.123. The van der Waals surface area contributed by atoms with Gasteiger partial charge in [-0.05, 0) is 25.0 Å². The standard InChI is InChI=1S/C21H30N6O2/c1-2-3-6-15-13-18(25-24-15)21(29)27-11-9-26(10-12-27)14-19-22-17-8-5-4-7-16(17)20(28)23-19/h4-5,7-8,15,18,24-25H,2-3,6,9-14H2,1H3,(H,22,23,28). The molecule has 2 fully saturated rings. The second-order valence-electron chi connectivity index (χ2n) is 8.05. The fraction of sp³-hybridized carbons (Fsp3) is 0.571. The molecular formula is C21H30N6O2. The van der Waals surface area contributed by atoms with Gasteiger partial charge in [0.25, 0.3) is 5.56 Å². The molecule has 1 aromatic heterocycles. The van der Waals surface area contributed by atoms with Crippen molar-refractivity contribution in [2.45, 2.75) is 51.2 Å². The SMILES string of the molecule is CCCCC1CC(C(=O)N2CCN(Cc3nc4ccccc4c(=O)[nH]3)CC2)NN1. The molecule has 8 nitrogen and oxygen atoms in total. The number of fused-ring (bicyclic) bond motifs is 1. The Labute approximate surface area is 170 Å². The smallest absolute Gasteiger partial charge is 0.258 e. The van der Waals surface area contributed by atoms with Gasteiger partial charge >= 0.3 is 0 Å². The summed E-state index contributed by atoms with van der Waals surface area (Å²) < 4.78 is 0. The molecule has 2 unspecified atom stereocenters. The minimum absolute atomic E-state index is 0.100. The lowest BCUT2D eigenvalue weighted by molar-refractivity contribution is -0.135. The lowest BCUT2D eigenvalue weighted by Crippen LogP contribution is -2.53. The van der Waals surface area contributed by atoms with E-state index in [0.717, 1.165) is 31.4 Å². The van der Waals surface area contributed by atoms with Crippen LogP contribution in [0.3, 0.4) is 0 Å². The summed E-state index contributed by atoms with van der Waals surface area (Å²) in [6.45, 7) is 5.74. The van der Waals surface area contributed by atoms with Crippen LogP contribution in [0.4, 0.5) is 0 Å². The highest BCUT2D eigenvalue weighted by atomic mass is 16.2. The quantitative estimate of drug-likeness (QED) is 0.672. The molecule has 29 heavy (non-hydrogen) atoms. The summed E-state index contributed by atoms with van der Waals surface area (Å²) in [7, 11) is 0. The average molecular weight is 399 g/mol. The average Bonchev–Trinajstić information content (AvgIpc) is 3.21. The molecule has 1 amide bonds. The first kappa shape index (κ1) is 20.0. The predicted octanol–water partition coefficient (Wildman–Crippen LogP) is 0.993. The zero-order chi connectivity index (χ0) is 20.2. The second-order valence-corrected chi connectivity index (χ2v) is 8.05. The predicted molar refractivity (Wildman–Crippen MR) is 112 cm³/mol. The van der Waals surface area contributed by atoms with Crippen LogP contribution in [0.1, 0.15) is 38.4 Å². The maximum atomic E-state index is 12.8. The zero-order valence-electron chi connectivity index (χ0n) is 17.0. The largest absolute Gasteiger partial charge is 0.339 e. The van der Waals surface area contributed by atoms with Gasteiger partial charge in [-0.15, -0.1) is 0 Å². The number of carbonyl (C=O) groups is 1. The number of carbonyl (C=O) groups excluding carboxylic acids is 1. The Hall–Kier alpha value is -2.29. The van der Waals surface area contributed by atoms with Crippen molar-refractivity contribution in [2.75, 3.05) is 26.2 Å². The van der Waals surface area contributed by atoms with Crippen LogP contribution < -0.4 is 16.4 Å². The Morgan fingerprint density at radius 3 is 2.76 bits per heavy atom. The molecule has 0 saturated carbocycles. The lowest BCUT2D eigenvalue weighted by atomic mass is 10.0. The minimum Gasteiger partial charge on any atom is -0.339 e. The number of hydrogen-bond acceptors (Lipinski definition) is 6. The first-order valence-electron chi connectivity index (χ1n) is 10.6. The van der Waals surface area contributed by atoms with Crippen LogP contribution in [-0.4, -0.2) is 63.9 Å². The van der Waals surface area contributed by atoms with Crippen LogP contribution in [0, 0.1) is 0 Å². The van der Waals surface area contributed by atoms with Gasteiger partial charge in [0, 0.05) is 32.2 Å². The Balaban J connectivity index is 1.30. The molecule has 156 valence electrons. The summed E-state index contributed by atoms with van der Waals surface area (Å²) in [5, 5.41) is 0.613. The molecule has 1 aromatic carbocycles. The van der Waals surface area contributed by atoms with Crippen molar-refractivity contribution in [3.8, 4) is 0 Å². The molecule has 2 aliphatic rings. The molecule has 0 bridgehead atoms. The molecule has 2 aliphatic heterocycles. The molecule has 4 rings (SSSR count). The molecule has 0 radical (unpaired) electrons. The number of rotatable bonds is 6. The van der Waals surface area contributed by atoms with Crippen molar-refractivity contribution >= 4 is 16.8 Å². The number of hydrazine groups is 1. The first-order chi connectivity index (χ1) is 14.1. The van der Waals surface area contributed by atoms with Crippen molar-refractivity contribution in [3.05, 3.63) is 40.4 Å². The van der Waals surface area contributed by atoms with Crippen molar-refractivity contribution in [1.29, 1.82) is 0 Å². The molecule has 0 aliphatic carbocycles.